The predicted molar refractivity (Wildman–Crippen MR) is 64.0 cm³/mol. The molecule has 0 amide bonds. The summed E-state index contributed by atoms with van der Waals surface area (Å²) in [5.74, 6) is 0. The maximum Gasteiger partial charge on any atom is 0.268 e. The second-order valence-corrected chi connectivity index (χ2v) is 3.68. The third kappa shape index (κ3) is 1.95. The van der Waals surface area contributed by atoms with E-state index < -0.39 is 0 Å². The van der Waals surface area contributed by atoms with Crippen LogP contribution in [-0.4, -0.2) is 23.8 Å². The highest BCUT2D eigenvalue weighted by atomic mass is 16.1. The van der Waals surface area contributed by atoms with E-state index in [0.29, 0.717) is 0 Å². The molecule has 0 saturated heterocycles. The molecular formula is C12H13N3O. The summed E-state index contributed by atoms with van der Waals surface area (Å²) in [6, 6.07) is 7.22. The van der Waals surface area contributed by atoms with E-state index >= 15 is 0 Å². The van der Waals surface area contributed by atoms with E-state index in [1.165, 1.54) is 0 Å². The van der Waals surface area contributed by atoms with Crippen LogP contribution in [0.25, 0.3) is 11.1 Å². The summed E-state index contributed by atoms with van der Waals surface area (Å²) in [6.07, 6.45) is 5.29. The minimum Gasteiger partial charge on any atom is -0.316 e. The Bertz CT molecular complexity index is 531. The van der Waals surface area contributed by atoms with Crippen LogP contribution in [0.1, 0.15) is 0 Å². The Kier molecular flexibility index (Phi) is 2.72. The largest absolute Gasteiger partial charge is 0.316 e. The van der Waals surface area contributed by atoms with Crippen molar-refractivity contribution in [1.82, 2.24) is 9.66 Å². The standard InChI is InChI=1S/C12H13N3O/c1-14(2)15-9-11(3-4-12(15)16)10-5-7-13-8-6-10/h3-9H,1-2H3. The fraction of sp³-hybridized carbons (Fsp3) is 0.167. The lowest BCUT2D eigenvalue weighted by molar-refractivity contribution is 0.701. The van der Waals surface area contributed by atoms with Gasteiger partial charge in [-0.1, -0.05) is 0 Å². The van der Waals surface area contributed by atoms with Crippen molar-refractivity contribution >= 4 is 0 Å². The normalized spacial score (nSPS) is 10.1. The van der Waals surface area contributed by atoms with Gasteiger partial charge in [0.1, 0.15) is 0 Å². The number of nitrogens with zero attached hydrogens (tertiary/aromatic N) is 3. The van der Waals surface area contributed by atoms with Crippen molar-refractivity contribution in [3.63, 3.8) is 0 Å². The molecule has 0 aliphatic heterocycles. The first-order chi connectivity index (χ1) is 7.68. The van der Waals surface area contributed by atoms with Crippen molar-refractivity contribution in [3.8, 4) is 11.1 Å². The molecule has 2 heterocycles. The maximum absolute atomic E-state index is 11.6. The monoisotopic (exact) mass is 215 g/mol. The molecule has 0 radical (unpaired) electrons. The third-order valence-corrected chi connectivity index (χ3v) is 2.34. The van der Waals surface area contributed by atoms with Gasteiger partial charge in [0.2, 0.25) is 0 Å². The van der Waals surface area contributed by atoms with Crippen LogP contribution < -0.4 is 10.6 Å². The van der Waals surface area contributed by atoms with Gasteiger partial charge in [-0.05, 0) is 23.8 Å². The molecule has 2 rings (SSSR count). The van der Waals surface area contributed by atoms with Crippen LogP contribution in [0.4, 0.5) is 0 Å². The Hall–Kier alpha value is -2.10. The van der Waals surface area contributed by atoms with E-state index in [9.17, 15) is 4.79 Å². The van der Waals surface area contributed by atoms with Crippen LogP contribution in [0.3, 0.4) is 0 Å². The van der Waals surface area contributed by atoms with Crippen LogP contribution in [0.2, 0.25) is 0 Å². The van der Waals surface area contributed by atoms with E-state index in [4.69, 9.17) is 0 Å². The molecule has 0 N–H and O–H groups in total. The van der Waals surface area contributed by atoms with E-state index in [0.717, 1.165) is 11.1 Å². The molecule has 0 aliphatic carbocycles. The van der Waals surface area contributed by atoms with Gasteiger partial charge in [0.15, 0.2) is 0 Å². The summed E-state index contributed by atoms with van der Waals surface area (Å²) in [7, 11) is 3.66. The fourth-order valence-electron chi connectivity index (χ4n) is 1.50. The molecule has 0 bridgehead atoms. The highest BCUT2D eigenvalue weighted by molar-refractivity contribution is 5.61. The predicted octanol–water partition coefficient (Wildman–Crippen LogP) is 1.11. The highest BCUT2D eigenvalue weighted by Gasteiger charge is 2.01. The average molecular weight is 215 g/mol. The fourth-order valence-corrected chi connectivity index (χ4v) is 1.50. The molecule has 0 atom stereocenters. The van der Waals surface area contributed by atoms with Gasteiger partial charge < -0.3 is 5.01 Å². The molecule has 0 aliphatic rings. The Balaban J connectivity index is 2.52. The SMILES string of the molecule is CN(C)n1cc(-c2ccncc2)ccc1=O. The first-order valence-electron chi connectivity index (χ1n) is 4.99. The van der Waals surface area contributed by atoms with Crippen LogP contribution in [0, 0.1) is 0 Å². The number of aromatic nitrogens is 2. The van der Waals surface area contributed by atoms with Crippen molar-refractivity contribution in [3.05, 3.63) is 53.2 Å². The molecule has 0 spiro atoms. The van der Waals surface area contributed by atoms with Crippen LogP contribution in [0.15, 0.2) is 47.7 Å². The second kappa shape index (κ2) is 4.18. The molecule has 2 aromatic rings. The topological polar surface area (TPSA) is 38.1 Å². The summed E-state index contributed by atoms with van der Waals surface area (Å²) in [5, 5.41) is 1.74. The molecule has 0 fully saturated rings. The summed E-state index contributed by atoms with van der Waals surface area (Å²) in [4.78, 5) is 15.5. The number of hydrogen-bond donors (Lipinski definition) is 0. The number of rotatable bonds is 2. The lowest BCUT2D eigenvalue weighted by Gasteiger charge is -2.16. The van der Waals surface area contributed by atoms with E-state index in [1.807, 2.05) is 38.5 Å². The van der Waals surface area contributed by atoms with Crippen molar-refractivity contribution in [2.45, 2.75) is 0 Å². The molecule has 82 valence electrons. The van der Waals surface area contributed by atoms with Gasteiger partial charge in [-0.3, -0.25) is 9.78 Å². The average Bonchev–Trinajstić information content (AvgIpc) is 2.30. The summed E-state index contributed by atoms with van der Waals surface area (Å²) < 4.78 is 1.57. The van der Waals surface area contributed by atoms with Gasteiger partial charge in [0.05, 0.1) is 0 Å². The van der Waals surface area contributed by atoms with Gasteiger partial charge in [0, 0.05) is 44.3 Å². The third-order valence-electron chi connectivity index (χ3n) is 2.34. The Morgan fingerprint density at radius 1 is 1.06 bits per heavy atom. The summed E-state index contributed by atoms with van der Waals surface area (Å²) in [6.45, 7) is 0. The van der Waals surface area contributed by atoms with Crippen molar-refractivity contribution in [2.24, 2.45) is 0 Å². The first kappa shape index (κ1) is 10.4. The van der Waals surface area contributed by atoms with Crippen molar-refractivity contribution in [1.29, 1.82) is 0 Å². The Morgan fingerprint density at radius 3 is 2.38 bits per heavy atom. The minimum absolute atomic E-state index is 0.0391. The Labute approximate surface area is 93.8 Å². The molecule has 4 nitrogen and oxygen atoms in total. The number of hydrogen-bond acceptors (Lipinski definition) is 3. The van der Waals surface area contributed by atoms with Gasteiger partial charge in [-0.25, -0.2) is 4.68 Å². The quantitative estimate of drug-likeness (QED) is 0.753. The van der Waals surface area contributed by atoms with Gasteiger partial charge in [0.25, 0.3) is 5.56 Å². The van der Waals surface area contributed by atoms with E-state index in [1.54, 1.807) is 28.1 Å². The smallest absolute Gasteiger partial charge is 0.268 e. The summed E-state index contributed by atoms with van der Waals surface area (Å²) in [5.41, 5.74) is 2.00. The zero-order valence-electron chi connectivity index (χ0n) is 9.29. The second-order valence-electron chi connectivity index (χ2n) is 3.68. The molecule has 16 heavy (non-hydrogen) atoms. The van der Waals surface area contributed by atoms with Crippen LogP contribution in [0.5, 0.6) is 0 Å². The van der Waals surface area contributed by atoms with E-state index in [-0.39, 0.29) is 5.56 Å². The Morgan fingerprint density at radius 2 is 1.75 bits per heavy atom. The lowest BCUT2D eigenvalue weighted by Crippen LogP contribution is -2.35. The van der Waals surface area contributed by atoms with E-state index in [2.05, 4.69) is 4.98 Å². The van der Waals surface area contributed by atoms with Crippen LogP contribution in [-0.2, 0) is 0 Å². The van der Waals surface area contributed by atoms with Gasteiger partial charge >= 0.3 is 0 Å². The van der Waals surface area contributed by atoms with Gasteiger partial charge in [-0.2, -0.15) is 0 Å². The van der Waals surface area contributed by atoms with Crippen molar-refractivity contribution in [2.75, 3.05) is 19.1 Å². The maximum atomic E-state index is 11.6. The molecule has 4 heteroatoms. The molecule has 0 unspecified atom stereocenters. The summed E-state index contributed by atoms with van der Waals surface area (Å²) >= 11 is 0. The molecule has 0 aromatic carbocycles. The van der Waals surface area contributed by atoms with Crippen molar-refractivity contribution < 1.29 is 0 Å². The lowest BCUT2D eigenvalue weighted by atomic mass is 10.1. The van der Waals surface area contributed by atoms with Crippen LogP contribution >= 0.6 is 0 Å². The highest BCUT2D eigenvalue weighted by Crippen LogP contribution is 2.15. The molecular weight excluding hydrogens is 202 g/mol. The zero-order chi connectivity index (χ0) is 11.5. The minimum atomic E-state index is -0.0391. The number of pyridine rings is 2. The van der Waals surface area contributed by atoms with Gasteiger partial charge in [-0.15, -0.1) is 0 Å². The first-order valence-corrected chi connectivity index (χ1v) is 4.99. The molecule has 2 aromatic heterocycles. The zero-order valence-corrected chi connectivity index (χ0v) is 9.29. The molecule has 0 saturated carbocycles.